The zero-order chi connectivity index (χ0) is 13.1. The van der Waals surface area contributed by atoms with Crippen LogP contribution in [0.2, 0.25) is 5.15 Å². The van der Waals surface area contributed by atoms with Gasteiger partial charge in [-0.1, -0.05) is 17.7 Å². The van der Waals surface area contributed by atoms with Gasteiger partial charge in [-0.3, -0.25) is 0 Å². The fraction of sp³-hybridized carbons (Fsp3) is 0.154. The van der Waals surface area contributed by atoms with Crippen molar-refractivity contribution in [3.63, 3.8) is 0 Å². The Bertz CT molecular complexity index is 573. The smallest absolute Gasteiger partial charge is 0.152 e. The van der Waals surface area contributed by atoms with Crippen LogP contribution in [-0.4, -0.2) is 4.98 Å². The Morgan fingerprint density at radius 1 is 1.28 bits per heavy atom. The second kappa shape index (κ2) is 5.31. The number of halogens is 3. The van der Waals surface area contributed by atoms with E-state index >= 15 is 0 Å². The number of hydrogen-bond donors (Lipinski definition) is 1. The summed E-state index contributed by atoms with van der Waals surface area (Å²) in [5.74, 6) is -1.18. The number of nitrogens with zero attached hydrogens (tertiary/aromatic N) is 1. The van der Waals surface area contributed by atoms with E-state index in [2.05, 4.69) is 10.3 Å². The van der Waals surface area contributed by atoms with Crippen molar-refractivity contribution in [2.75, 3.05) is 5.32 Å². The maximum Gasteiger partial charge on any atom is 0.152 e. The molecule has 0 unspecified atom stereocenters. The Balaban J connectivity index is 2.13. The summed E-state index contributed by atoms with van der Waals surface area (Å²) in [5, 5.41) is 3.30. The van der Waals surface area contributed by atoms with Gasteiger partial charge in [0.25, 0.3) is 0 Å². The molecular formula is C13H11ClF2N2. The molecule has 0 aliphatic heterocycles. The topological polar surface area (TPSA) is 24.9 Å². The van der Waals surface area contributed by atoms with Crippen molar-refractivity contribution in [3.05, 3.63) is 58.4 Å². The van der Waals surface area contributed by atoms with E-state index in [0.717, 1.165) is 11.6 Å². The molecule has 1 aromatic heterocycles. The molecule has 18 heavy (non-hydrogen) atoms. The quantitative estimate of drug-likeness (QED) is 0.853. The molecule has 94 valence electrons. The van der Waals surface area contributed by atoms with Crippen LogP contribution in [0.3, 0.4) is 0 Å². The summed E-state index contributed by atoms with van der Waals surface area (Å²) < 4.78 is 26.1. The van der Waals surface area contributed by atoms with Gasteiger partial charge < -0.3 is 5.32 Å². The van der Waals surface area contributed by atoms with Gasteiger partial charge in [-0.05, 0) is 24.6 Å². The summed E-state index contributed by atoms with van der Waals surface area (Å²) in [6, 6.07) is 5.29. The summed E-state index contributed by atoms with van der Waals surface area (Å²) in [7, 11) is 0. The molecule has 0 atom stereocenters. The highest BCUT2D eigenvalue weighted by molar-refractivity contribution is 6.31. The molecule has 0 saturated heterocycles. The first-order chi connectivity index (χ1) is 8.56. The lowest BCUT2D eigenvalue weighted by molar-refractivity contribution is 0.574. The Morgan fingerprint density at radius 2 is 2.06 bits per heavy atom. The Kier molecular flexibility index (Phi) is 3.77. The summed E-state index contributed by atoms with van der Waals surface area (Å²) >= 11 is 5.90. The van der Waals surface area contributed by atoms with Crippen molar-refractivity contribution in [1.29, 1.82) is 0 Å². The highest BCUT2D eigenvalue weighted by atomic mass is 35.5. The van der Waals surface area contributed by atoms with E-state index < -0.39 is 11.6 Å². The van der Waals surface area contributed by atoms with Crippen LogP contribution in [0.5, 0.6) is 0 Å². The zero-order valence-corrected chi connectivity index (χ0v) is 10.4. The summed E-state index contributed by atoms with van der Waals surface area (Å²) in [4.78, 5) is 3.98. The van der Waals surface area contributed by atoms with Gasteiger partial charge in [0.1, 0.15) is 11.6 Å². The third kappa shape index (κ3) is 2.96. The van der Waals surface area contributed by atoms with Crippen molar-refractivity contribution < 1.29 is 8.78 Å². The first kappa shape index (κ1) is 12.8. The lowest BCUT2D eigenvalue weighted by Gasteiger charge is -2.09. The van der Waals surface area contributed by atoms with Gasteiger partial charge in [0.05, 0.1) is 5.69 Å². The van der Waals surface area contributed by atoms with E-state index in [0.29, 0.717) is 16.4 Å². The number of rotatable bonds is 3. The van der Waals surface area contributed by atoms with Gasteiger partial charge in [0.2, 0.25) is 0 Å². The Morgan fingerprint density at radius 3 is 2.78 bits per heavy atom. The molecule has 1 N–H and O–H groups in total. The molecule has 5 heteroatoms. The van der Waals surface area contributed by atoms with Crippen LogP contribution < -0.4 is 5.32 Å². The summed E-state index contributed by atoms with van der Waals surface area (Å²) in [6.07, 6.45) is 1.64. The highest BCUT2D eigenvalue weighted by Gasteiger charge is 2.06. The van der Waals surface area contributed by atoms with E-state index in [9.17, 15) is 8.78 Å². The van der Waals surface area contributed by atoms with Crippen molar-refractivity contribution in [1.82, 2.24) is 4.98 Å². The van der Waals surface area contributed by atoms with Gasteiger partial charge in [-0.15, -0.1) is 0 Å². The average molecular weight is 269 g/mol. The average Bonchev–Trinajstić information content (AvgIpc) is 2.32. The number of anilines is 1. The number of aryl methyl sites for hydroxylation is 1. The molecule has 0 bridgehead atoms. The molecule has 0 fully saturated rings. The lowest BCUT2D eigenvalue weighted by atomic mass is 10.2. The molecule has 0 saturated carbocycles. The predicted molar refractivity (Wildman–Crippen MR) is 67.7 cm³/mol. The molecule has 0 aliphatic rings. The molecule has 0 radical (unpaired) electrons. The summed E-state index contributed by atoms with van der Waals surface area (Å²) in [5.41, 5.74) is 1.94. The Labute approximate surface area is 109 Å². The van der Waals surface area contributed by atoms with E-state index in [4.69, 9.17) is 11.6 Å². The molecular weight excluding hydrogens is 258 g/mol. The van der Waals surface area contributed by atoms with E-state index in [1.165, 1.54) is 12.1 Å². The lowest BCUT2D eigenvalue weighted by Crippen LogP contribution is -2.03. The first-order valence-corrected chi connectivity index (χ1v) is 5.74. The minimum Gasteiger partial charge on any atom is -0.378 e. The third-order valence-corrected chi connectivity index (χ3v) is 2.76. The van der Waals surface area contributed by atoms with Gasteiger partial charge in [-0.2, -0.15) is 0 Å². The first-order valence-electron chi connectivity index (χ1n) is 5.36. The van der Waals surface area contributed by atoms with Crippen LogP contribution in [-0.2, 0) is 6.54 Å². The molecule has 2 rings (SSSR count). The number of nitrogens with one attached hydrogen (secondary N) is 1. The van der Waals surface area contributed by atoms with Crippen LogP contribution in [0.15, 0.2) is 30.5 Å². The van der Waals surface area contributed by atoms with Crippen molar-refractivity contribution in [2.24, 2.45) is 0 Å². The minimum absolute atomic E-state index is 0.219. The molecule has 1 aromatic carbocycles. The SMILES string of the molecule is Cc1cnc(Cl)c(NCc2ccc(F)cc2F)c1. The van der Waals surface area contributed by atoms with Crippen molar-refractivity contribution in [3.8, 4) is 0 Å². The zero-order valence-electron chi connectivity index (χ0n) is 9.67. The molecule has 1 heterocycles. The van der Waals surface area contributed by atoms with Crippen LogP contribution in [0.1, 0.15) is 11.1 Å². The number of hydrogen-bond acceptors (Lipinski definition) is 2. The van der Waals surface area contributed by atoms with Gasteiger partial charge in [0.15, 0.2) is 5.15 Å². The number of benzene rings is 1. The van der Waals surface area contributed by atoms with Crippen molar-refractivity contribution in [2.45, 2.75) is 13.5 Å². The van der Waals surface area contributed by atoms with E-state index in [1.54, 1.807) is 6.20 Å². The summed E-state index contributed by atoms with van der Waals surface area (Å²) in [6.45, 7) is 2.10. The standard InChI is InChI=1S/C13H11ClF2N2/c1-8-4-12(13(14)18-6-8)17-7-9-2-3-10(15)5-11(9)16/h2-6,17H,7H2,1H3. The van der Waals surface area contributed by atoms with Gasteiger partial charge in [0, 0.05) is 24.4 Å². The van der Waals surface area contributed by atoms with Crippen molar-refractivity contribution >= 4 is 17.3 Å². The monoisotopic (exact) mass is 268 g/mol. The van der Waals surface area contributed by atoms with Crippen LogP contribution in [0, 0.1) is 18.6 Å². The fourth-order valence-corrected chi connectivity index (χ4v) is 1.70. The van der Waals surface area contributed by atoms with E-state index in [1.807, 2.05) is 13.0 Å². The molecule has 0 amide bonds. The van der Waals surface area contributed by atoms with Crippen LogP contribution >= 0.6 is 11.6 Å². The van der Waals surface area contributed by atoms with Gasteiger partial charge >= 0.3 is 0 Å². The normalized spacial score (nSPS) is 10.4. The third-order valence-electron chi connectivity index (χ3n) is 2.46. The maximum atomic E-state index is 13.4. The second-order valence-corrected chi connectivity index (χ2v) is 4.30. The molecule has 0 spiro atoms. The Hall–Kier alpha value is -1.68. The largest absolute Gasteiger partial charge is 0.378 e. The second-order valence-electron chi connectivity index (χ2n) is 3.94. The van der Waals surface area contributed by atoms with E-state index in [-0.39, 0.29) is 6.54 Å². The van der Waals surface area contributed by atoms with Gasteiger partial charge in [-0.25, -0.2) is 13.8 Å². The minimum atomic E-state index is -0.591. The maximum absolute atomic E-state index is 13.4. The van der Waals surface area contributed by atoms with Crippen LogP contribution in [0.4, 0.5) is 14.5 Å². The molecule has 2 nitrogen and oxygen atoms in total. The highest BCUT2D eigenvalue weighted by Crippen LogP contribution is 2.21. The fourth-order valence-electron chi connectivity index (χ4n) is 1.53. The number of aromatic nitrogens is 1. The molecule has 0 aliphatic carbocycles. The van der Waals surface area contributed by atoms with Crippen LogP contribution in [0.25, 0.3) is 0 Å². The molecule has 2 aromatic rings. The number of pyridine rings is 1. The predicted octanol–water partition coefficient (Wildman–Crippen LogP) is 3.93.